The fourth-order valence-electron chi connectivity index (χ4n) is 2.20. The van der Waals surface area contributed by atoms with E-state index in [1.165, 1.54) is 38.5 Å². The summed E-state index contributed by atoms with van der Waals surface area (Å²) in [4.78, 5) is 11.1. The minimum Gasteiger partial charge on any atom is -0.298 e. The van der Waals surface area contributed by atoms with Gasteiger partial charge in [-0.15, -0.1) is 6.58 Å². The highest BCUT2D eigenvalue weighted by Gasteiger charge is 2.05. The molecule has 0 saturated carbocycles. The monoisotopic (exact) mass is 250 g/mol. The average molecular weight is 250 g/mol. The lowest BCUT2D eigenvalue weighted by atomic mass is 9.94. The van der Waals surface area contributed by atoms with E-state index in [-0.39, 0.29) is 0 Å². The summed E-state index contributed by atoms with van der Waals surface area (Å²) in [6.07, 6.45) is 15.7. The molecule has 0 bridgehead atoms. The molecule has 1 unspecified atom stereocenters. The molecule has 0 aliphatic carbocycles. The topological polar surface area (TPSA) is 17.1 Å². The largest absolute Gasteiger partial charge is 0.298 e. The summed E-state index contributed by atoms with van der Waals surface area (Å²) in [5.41, 5.74) is 0.992. The Morgan fingerprint density at radius 3 is 2.33 bits per heavy atom. The fourth-order valence-corrected chi connectivity index (χ4v) is 2.20. The van der Waals surface area contributed by atoms with Gasteiger partial charge >= 0.3 is 0 Å². The van der Waals surface area contributed by atoms with Crippen LogP contribution in [0.1, 0.15) is 71.6 Å². The average Bonchev–Trinajstić information content (AvgIpc) is 2.38. The molecule has 0 N–H and O–H groups in total. The van der Waals surface area contributed by atoms with Crippen molar-refractivity contribution in [2.24, 2.45) is 5.92 Å². The molecule has 0 rings (SSSR count). The summed E-state index contributed by atoms with van der Waals surface area (Å²) < 4.78 is 0. The zero-order chi connectivity index (χ0) is 13.6. The van der Waals surface area contributed by atoms with Crippen molar-refractivity contribution in [2.75, 3.05) is 0 Å². The maximum Gasteiger partial charge on any atom is 0.145 e. The van der Waals surface area contributed by atoms with E-state index in [2.05, 4.69) is 26.5 Å². The first-order chi connectivity index (χ1) is 8.78. The summed E-state index contributed by atoms with van der Waals surface area (Å²) in [5, 5.41) is 0. The highest BCUT2D eigenvalue weighted by molar-refractivity contribution is 5.73. The van der Waals surface area contributed by atoms with Gasteiger partial charge in [0.15, 0.2) is 0 Å². The number of rotatable bonds is 12. The van der Waals surface area contributed by atoms with E-state index < -0.39 is 0 Å². The number of hydrogen-bond donors (Lipinski definition) is 0. The summed E-state index contributed by atoms with van der Waals surface area (Å²) in [5.74, 6) is 0.510. The van der Waals surface area contributed by atoms with E-state index in [0.717, 1.165) is 31.1 Å². The molecular weight excluding hydrogens is 220 g/mol. The number of aldehydes is 1. The fraction of sp³-hybridized carbons (Fsp3) is 0.706. The van der Waals surface area contributed by atoms with Crippen LogP contribution in [0.5, 0.6) is 0 Å². The van der Waals surface area contributed by atoms with Crippen molar-refractivity contribution < 1.29 is 4.79 Å². The Labute approximate surface area is 113 Å². The Hall–Kier alpha value is -0.850. The molecule has 0 amide bonds. The van der Waals surface area contributed by atoms with Crippen LogP contribution in [0.25, 0.3) is 0 Å². The first kappa shape index (κ1) is 17.2. The normalized spacial score (nSPS) is 13.3. The third kappa shape index (κ3) is 9.21. The Morgan fingerprint density at radius 1 is 1.11 bits per heavy atom. The highest BCUT2D eigenvalue weighted by atomic mass is 16.1. The van der Waals surface area contributed by atoms with Crippen molar-refractivity contribution in [1.29, 1.82) is 0 Å². The van der Waals surface area contributed by atoms with Gasteiger partial charge in [0.05, 0.1) is 0 Å². The van der Waals surface area contributed by atoms with Crippen LogP contribution in [0, 0.1) is 5.92 Å². The molecule has 0 aromatic carbocycles. The smallest absolute Gasteiger partial charge is 0.145 e. The van der Waals surface area contributed by atoms with Crippen molar-refractivity contribution in [3.8, 4) is 0 Å². The molecule has 0 aliphatic heterocycles. The maximum absolute atomic E-state index is 11.1. The van der Waals surface area contributed by atoms with Crippen LogP contribution >= 0.6 is 0 Å². The van der Waals surface area contributed by atoms with E-state index in [4.69, 9.17) is 0 Å². The SMILES string of the molecule is C=CCC(C=C(C=O)CCCCC)CCCCC. The Bertz CT molecular complexity index is 240. The summed E-state index contributed by atoms with van der Waals surface area (Å²) in [6, 6.07) is 0. The predicted octanol–water partition coefficient (Wildman–Crippen LogP) is 5.46. The molecule has 0 fully saturated rings. The standard InChI is InChI=1S/C17H30O/c1-4-7-9-12-16(11-6-3)14-17(15-18)13-10-8-5-2/h6,14-16H,3-5,7-13H2,1-2H3. The third-order valence-corrected chi connectivity index (χ3v) is 3.32. The van der Waals surface area contributed by atoms with Crippen molar-refractivity contribution in [3.63, 3.8) is 0 Å². The van der Waals surface area contributed by atoms with E-state index >= 15 is 0 Å². The van der Waals surface area contributed by atoms with Crippen LogP contribution in [-0.2, 0) is 4.79 Å². The van der Waals surface area contributed by atoms with Crippen LogP contribution in [-0.4, -0.2) is 6.29 Å². The second kappa shape index (κ2) is 12.6. The second-order valence-electron chi connectivity index (χ2n) is 5.10. The van der Waals surface area contributed by atoms with Gasteiger partial charge in [-0.05, 0) is 37.2 Å². The van der Waals surface area contributed by atoms with Crippen LogP contribution in [0.2, 0.25) is 0 Å². The predicted molar refractivity (Wildman–Crippen MR) is 80.7 cm³/mol. The number of hydrogen-bond acceptors (Lipinski definition) is 1. The van der Waals surface area contributed by atoms with Crippen molar-refractivity contribution in [3.05, 3.63) is 24.3 Å². The van der Waals surface area contributed by atoms with Crippen molar-refractivity contribution in [1.82, 2.24) is 0 Å². The Morgan fingerprint density at radius 2 is 1.78 bits per heavy atom. The van der Waals surface area contributed by atoms with E-state index in [0.29, 0.717) is 5.92 Å². The van der Waals surface area contributed by atoms with Gasteiger partial charge in [0.25, 0.3) is 0 Å². The van der Waals surface area contributed by atoms with Crippen LogP contribution < -0.4 is 0 Å². The number of carbonyl (C=O) groups excluding carboxylic acids is 1. The van der Waals surface area contributed by atoms with Crippen LogP contribution in [0.3, 0.4) is 0 Å². The zero-order valence-electron chi connectivity index (χ0n) is 12.3. The molecule has 0 heterocycles. The van der Waals surface area contributed by atoms with Gasteiger partial charge in [0.2, 0.25) is 0 Å². The van der Waals surface area contributed by atoms with E-state index in [1.807, 2.05) is 6.08 Å². The molecule has 0 radical (unpaired) electrons. The van der Waals surface area contributed by atoms with Gasteiger partial charge in [-0.3, -0.25) is 4.79 Å². The molecule has 0 spiro atoms. The molecule has 18 heavy (non-hydrogen) atoms. The van der Waals surface area contributed by atoms with Crippen LogP contribution in [0.15, 0.2) is 24.3 Å². The Balaban J connectivity index is 4.26. The molecule has 0 aromatic rings. The van der Waals surface area contributed by atoms with Gasteiger partial charge in [-0.1, -0.05) is 58.1 Å². The lowest BCUT2D eigenvalue weighted by Crippen LogP contribution is -1.99. The Kier molecular flexibility index (Phi) is 12.0. The molecule has 0 aliphatic rings. The van der Waals surface area contributed by atoms with E-state index in [1.54, 1.807) is 0 Å². The van der Waals surface area contributed by atoms with Gasteiger partial charge < -0.3 is 0 Å². The second-order valence-corrected chi connectivity index (χ2v) is 5.10. The maximum atomic E-state index is 11.1. The third-order valence-electron chi connectivity index (χ3n) is 3.32. The molecule has 1 heteroatoms. The van der Waals surface area contributed by atoms with Crippen molar-refractivity contribution in [2.45, 2.75) is 71.6 Å². The lowest BCUT2D eigenvalue weighted by molar-refractivity contribution is -0.105. The number of unbranched alkanes of at least 4 members (excludes halogenated alkanes) is 4. The summed E-state index contributed by atoms with van der Waals surface area (Å²) in [7, 11) is 0. The molecule has 0 saturated heterocycles. The van der Waals surface area contributed by atoms with Gasteiger partial charge in [0, 0.05) is 0 Å². The quantitative estimate of drug-likeness (QED) is 0.194. The molecule has 0 aromatic heterocycles. The molecular formula is C17H30O. The molecule has 1 atom stereocenters. The first-order valence-corrected chi connectivity index (χ1v) is 7.55. The van der Waals surface area contributed by atoms with Gasteiger partial charge in [0.1, 0.15) is 6.29 Å². The molecule has 104 valence electrons. The first-order valence-electron chi connectivity index (χ1n) is 7.55. The lowest BCUT2D eigenvalue weighted by Gasteiger charge is -2.11. The van der Waals surface area contributed by atoms with Gasteiger partial charge in [-0.25, -0.2) is 0 Å². The number of allylic oxidation sites excluding steroid dienone is 3. The highest BCUT2D eigenvalue weighted by Crippen LogP contribution is 2.19. The zero-order valence-corrected chi connectivity index (χ0v) is 12.3. The minimum atomic E-state index is 0.510. The van der Waals surface area contributed by atoms with E-state index in [9.17, 15) is 4.79 Å². The number of carbonyl (C=O) groups is 1. The summed E-state index contributed by atoms with van der Waals surface area (Å²) in [6.45, 7) is 8.23. The summed E-state index contributed by atoms with van der Waals surface area (Å²) >= 11 is 0. The molecule has 1 nitrogen and oxygen atoms in total. The van der Waals surface area contributed by atoms with Crippen LogP contribution in [0.4, 0.5) is 0 Å². The van der Waals surface area contributed by atoms with Crippen molar-refractivity contribution >= 4 is 6.29 Å². The van der Waals surface area contributed by atoms with Gasteiger partial charge in [-0.2, -0.15) is 0 Å². The minimum absolute atomic E-state index is 0.510.